The van der Waals surface area contributed by atoms with Crippen LogP contribution in [0.3, 0.4) is 0 Å². The minimum absolute atomic E-state index is 0.172. The van der Waals surface area contributed by atoms with Crippen LogP contribution in [0.2, 0.25) is 0 Å². The van der Waals surface area contributed by atoms with Gasteiger partial charge in [-0.05, 0) is 41.0 Å². The zero-order chi connectivity index (χ0) is 12.6. The Morgan fingerprint density at radius 2 is 1.81 bits per heavy atom. The van der Waals surface area contributed by atoms with Crippen LogP contribution in [0.15, 0.2) is 0 Å². The number of hydrogen-bond donors (Lipinski definition) is 2. The number of aliphatic hydroxyl groups excluding tert-OH is 1. The number of nitrogens with one attached hydrogen (secondary N) is 1. The van der Waals surface area contributed by atoms with Gasteiger partial charge in [0.05, 0.1) is 12.1 Å². The molecule has 4 heteroatoms. The highest BCUT2D eigenvalue weighted by atomic mass is 16.3. The van der Waals surface area contributed by atoms with E-state index in [2.05, 4.69) is 43.1 Å². The third-order valence-electron chi connectivity index (χ3n) is 2.93. The second kappa shape index (κ2) is 8.01. The number of likely N-dealkylation sites (N-methyl/N-ethyl adjacent to an activating group) is 2. The van der Waals surface area contributed by atoms with E-state index in [1.165, 1.54) is 0 Å². The van der Waals surface area contributed by atoms with E-state index >= 15 is 0 Å². The largest absolute Gasteiger partial charge is 0.394 e. The summed E-state index contributed by atoms with van der Waals surface area (Å²) in [5, 5.41) is 12.6. The lowest BCUT2D eigenvalue weighted by Crippen LogP contribution is -2.53. The highest BCUT2D eigenvalue weighted by Crippen LogP contribution is 2.06. The molecule has 0 saturated heterocycles. The standard InChI is InChI=1S/C12H29N3O/c1-6-7-15(9-8-14(4)5)10-12(2,11-16)13-3/h13,16H,6-11H2,1-5H3. The van der Waals surface area contributed by atoms with Crippen LogP contribution < -0.4 is 5.32 Å². The molecule has 0 radical (unpaired) electrons. The predicted molar refractivity (Wildman–Crippen MR) is 69.8 cm³/mol. The summed E-state index contributed by atoms with van der Waals surface area (Å²) in [6.45, 7) is 8.52. The van der Waals surface area contributed by atoms with E-state index in [0.717, 1.165) is 32.6 Å². The van der Waals surface area contributed by atoms with Crippen LogP contribution in [-0.4, -0.2) is 74.4 Å². The lowest BCUT2D eigenvalue weighted by molar-refractivity contribution is 0.121. The molecule has 0 saturated carbocycles. The lowest BCUT2D eigenvalue weighted by Gasteiger charge is -2.34. The quantitative estimate of drug-likeness (QED) is 0.596. The molecule has 0 fully saturated rings. The van der Waals surface area contributed by atoms with E-state index < -0.39 is 0 Å². The van der Waals surface area contributed by atoms with Crippen molar-refractivity contribution < 1.29 is 5.11 Å². The summed E-state index contributed by atoms with van der Waals surface area (Å²) in [4.78, 5) is 4.60. The average molecular weight is 231 g/mol. The van der Waals surface area contributed by atoms with Gasteiger partial charge in [0.15, 0.2) is 0 Å². The summed E-state index contributed by atoms with van der Waals surface area (Å²) in [6, 6.07) is 0. The summed E-state index contributed by atoms with van der Waals surface area (Å²) >= 11 is 0. The minimum atomic E-state index is -0.193. The first-order valence-electron chi connectivity index (χ1n) is 6.14. The van der Waals surface area contributed by atoms with E-state index in [9.17, 15) is 5.11 Å². The monoisotopic (exact) mass is 231 g/mol. The van der Waals surface area contributed by atoms with Crippen molar-refractivity contribution in [1.29, 1.82) is 0 Å². The van der Waals surface area contributed by atoms with E-state index in [1.54, 1.807) is 0 Å². The van der Waals surface area contributed by atoms with Crippen LogP contribution in [0, 0.1) is 0 Å². The van der Waals surface area contributed by atoms with Crippen molar-refractivity contribution in [2.24, 2.45) is 0 Å². The molecule has 0 aromatic carbocycles. The topological polar surface area (TPSA) is 38.7 Å². The molecule has 16 heavy (non-hydrogen) atoms. The Morgan fingerprint density at radius 1 is 1.19 bits per heavy atom. The van der Waals surface area contributed by atoms with E-state index in [1.807, 2.05) is 7.05 Å². The van der Waals surface area contributed by atoms with Gasteiger partial charge in [-0.1, -0.05) is 6.92 Å². The zero-order valence-corrected chi connectivity index (χ0v) is 11.6. The van der Waals surface area contributed by atoms with Crippen molar-refractivity contribution in [3.63, 3.8) is 0 Å². The maximum atomic E-state index is 9.38. The fourth-order valence-corrected chi connectivity index (χ4v) is 1.63. The first-order valence-corrected chi connectivity index (χ1v) is 6.14. The second-order valence-electron chi connectivity index (χ2n) is 5.05. The smallest absolute Gasteiger partial charge is 0.0623 e. The summed E-state index contributed by atoms with van der Waals surface area (Å²) in [5.74, 6) is 0. The van der Waals surface area contributed by atoms with Crippen LogP contribution in [-0.2, 0) is 0 Å². The van der Waals surface area contributed by atoms with Gasteiger partial charge in [0.1, 0.15) is 0 Å². The third kappa shape index (κ3) is 6.43. The highest BCUT2D eigenvalue weighted by Gasteiger charge is 2.23. The Hall–Kier alpha value is -0.160. The molecule has 0 heterocycles. The Morgan fingerprint density at radius 3 is 2.19 bits per heavy atom. The maximum Gasteiger partial charge on any atom is 0.0623 e. The fourth-order valence-electron chi connectivity index (χ4n) is 1.63. The van der Waals surface area contributed by atoms with Gasteiger partial charge >= 0.3 is 0 Å². The number of rotatable bonds is 9. The molecule has 2 N–H and O–H groups in total. The van der Waals surface area contributed by atoms with Gasteiger partial charge in [-0.2, -0.15) is 0 Å². The average Bonchev–Trinajstić information content (AvgIpc) is 2.26. The summed E-state index contributed by atoms with van der Waals surface area (Å²) in [5.41, 5.74) is -0.193. The molecular formula is C12H29N3O. The van der Waals surface area contributed by atoms with Crippen molar-refractivity contribution in [3.8, 4) is 0 Å². The van der Waals surface area contributed by atoms with Crippen LogP contribution in [0.1, 0.15) is 20.3 Å². The molecule has 0 bridgehead atoms. The first kappa shape index (κ1) is 15.8. The normalized spacial score (nSPS) is 15.8. The molecule has 0 aliphatic rings. The van der Waals surface area contributed by atoms with Crippen LogP contribution in [0.25, 0.3) is 0 Å². The Kier molecular flexibility index (Phi) is 7.93. The van der Waals surface area contributed by atoms with E-state index in [4.69, 9.17) is 0 Å². The van der Waals surface area contributed by atoms with Crippen LogP contribution in [0.5, 0.6) is 0 Å². The second-order valence-corrected chi connectivity index (χ2v) is 5.05. The minimum Gasteiger partial charge on any atom is -0.394 e. The molecule has 1 unspecified atom stereocenters. The molecule has 0 aliphatic carbocycles. The molecule has 0 aromatic rings. The first-order chi connectivity index (χ1) is 7.47. The van der Waals surface area contributed by atoms with Crippen LogP contribution >= 0.6 is 0 Å². The predicted octanol–water partition coefficient (Wildman–Crippen LogP) is 0.230. The van der Waals surface area contributed by atoms with Gasteiger partial charge in [-0.3, -0.25) is 0 Å². The van der Waals surface area contributed by atoms with Gasteiger partial charge in [0.2, 0.25) is 0 Å². The summed E-state index contributed by atoms with van der Waals surface area (Å²) in [6.07, 6.45) is 1.15. The van der Waals surface area contributed by atoms with Crippen molar-refractivity contribution in [3.05, 3.63) is 0 Å². The lowest BCUT2D eigenvalue weighted by atomic mass is 10.0. The van der Waals surface area contributed by atoms with Crippen LogP contribution in [0.4, 0.5) is 0 Å². The van der Waals surface area contributed by atoms with Crippen molar-refractivity contribution >= 4 is 0 Å². The van der Waals surface area contributed by atoms with Crippen molar-refractivity contribution in [2.75, 3.05) is 53.9 Å². The van der Waals surface area contributed by atoms with E-state index in [0.29, 0.717) is 0 Å². The molecule has 0 amide bonds. The third-order valence-corrected chi connectivity index (χ3v) is 2.93. The molecule has 1 atom stereocenters. The highest BCUT2D eigenvalue weighted by molar-refractivity contribution is 4.84. The van der Waals surface area contributed by atoms with Crippen molar-refractivity contribution in [2.45, 2.75) is 25.8 Å². The number of aliphatic hydroxyl groups is 1. The number of nitrogens with zero attached hydrogens (tertiary/aromatic N) is 2. The summed E-state index contributed by atoms with van der Waals surface area (Å²) in [7, 11) is 6.09. The molecule has 4 nitrogen and oxygen atoms in total. The van der Waals surface area contributed by atoms with E-state index in [-0.39, 0.29) is 12.1 Å². The Bertz CT molecular complexity index is 170. The molecule has 98 valence electrons. The molecule has 0 rings (SSSR count). The SMILES string of the molecule is CCCN(CCN(C)C)CC(C)(CO)NC. The Balaban J connectivity index is 4.19. The Labute approximate surface area is 101 Å². The molecule has 0 spiro atoms. The fraction of sp³-hybridized carbons (Fsp3) is 1.00. The maximum absolute atomic E-state index is 9.38. The molecular weight excluding hydrogens is 202 g/mol. The van der Waals surface area contributed by atoms with Gasteiger partial charge in [0.25, 0.3) is 0 Å². The van der Waals surface area contributed by atoms with Gasteiger partial charge in [-0.15, -0.1) is 0 Å². The zero-order valence-electron chi connectivity index (χ0n) is 11.6. The molecule has 0 aliphatic heterocycles. The summed E-state index contributed by atoms with van der Waals surface area (Å²) < 4.78 is 0. The van der Waals surface area contributed by atoms with Crippen molar-refractivity contribution in [1.82, 2.24) is 15.1 Å². The van der Waals surface area contributed by atoms with Gasteiger partial charge in [-0.25, -0.2) is 0 Å². The van der Waals surface area contributed by atoms with Gasteiger partial charge < -0.3 is 20.2 Å². The number of hydrogen-bond acceptors (Lipinski definition) is 4. The van der Waals surface area contributed by atoms with Gasteiger partial charge in [0, 0.05) is 19.6 Å². The molecule has 0 aromatic heterocycles.